The van der Waals surface area contributed by atoms with Crippen LogP contribution in [0.15, 0.2) is 28.7 Å². The Morgan fingerprint density at radius 2 is 2.36 bits per heavy atom. The van der Waals surface area contributed by atoms with Crippen LogP contribution in [-0.4, -0.2) is 4.98 Å². The van der Waals surface area contributed by atoms with E-state index in [0.29, 0.717) is 5.89 Å². The fraction of sp³-hybridized carbons (Fsp3) is 0.0909. The Morgan fingerprint density at radius 1 is 1.50 bits per heavy atom. The van der Waals surface area contributed by atoms with Crippen LogP contribution >= 0.6 is 0 Å². The lowest BCUT2D eigenvalue weighted by molar-refractivity contribution is 0.561. The molecule has 2 rings (SSSR count). The summed E-state index contributed by atoms with van der Waals surface area (Å²) in [4.78, 5) is 4.20. The van der Waals surface area contributed by atoms with E-state index in [1.807, 2.05) is 31.2 Å². The van der Waals surface area contributed by atoms with Crippen LogP contribution in [0.4, 0.5) is 0 Å². The predicted molar refractivity (Wildman–Crippen MR) is 53.4 cm³/mol. The average molecular weight is 184 g/mol. The maximum absolute atomic E-state index is 8.37. The molecule has 1 aromatic heterocycles. The lowest BCUT2D eigenvalue weighted by Crippen LogP contribution is -1.72. The summed E-state index contributed by atoms with van der Waals surface area (Å²) in [5.41, 5.74) is 2.55. The molecule has 0 radical (unpaired) electrons. The van der Waals surface area contributed by atoms with Crippen LogP contribution in [-0.2, 0) is 0 Å². The third-order valence-corrected chi connectivity index (χ3v) is 1.87. The molecule has 1 heterocycles. The van der Waals surface area contributed by atoms with Gasteiger partial charge in [-0.25, -0.2) is 4.98 Å². The van der Waals surface area contributed by atoms with Crippen LogP contribution in [0.25, 0.3) is 17.2 Å². The lowest BCUT2D eigenvalue weighted by Gasteiger charge is -1.89. The number of rotatable bonds is 1. The van der Waals surface area contributed by atoms with Crippen LogP contribution in [0.5, 0.6) is 0 Å². The molecule has 0 unspecified atom stereocenters. The van der Waals surface area contributed by atoms with Crippen molar-refractivity contribution >= 4 is 17.2 Å². The number of benzene rings is 1. The van der Waals surface area contributed by atoms with Crippen molar-refractivity contribution in [1.29, 1.82) is 5.26 Å². The van der Waals surface area contributed by atoms with Gasteiger partial charge in [0.25, 0.3) is 0 Å². The summed E-state index contributed by atoms with van der Waals surface area (Å²) in [5.74, 6) is 0.654. The van der Waals surface area contributed by atoms with E-state index >= 15 is 0 Å². The number of hydrogen-bond donors (Lipinski definition) is 0. The van der Waals surface area contributed by atoms with E-state index < -0.39 is 0 Å². The second-order valence-corrected chi connectivity index (χ2v) is 2.92. The van der Waals surface area contributed by atoms with Crippen LogP contribution in [0.1, 0.15) is 11.5 Å². The summed E-state index contributed by atoms with van der Waals surface area (Å²) in [5, 5.41) is 8.37. The zero-order valence-electron chi connectivity index (χ0n) is 7.69. The van der Waals surface area contributed by atoms with Gasteiger partial charge in [-0.3, -0.25) is 0 Å². The van der Waals surface area contributed by atoms with Gasteiger partial charge in [-0.05, 0) is 23.8 Å². The van der Waals surface area contributed by atoms with Crippen molar-refractivity contribution in [2.75, 3.05) is 0 Å². The van der Waals surface area contributed by atoms with Crippen molar-refractivity contribution in [2.45, 2.75) is 6.92 Å². The highest BCUT2D eigenvalue weighted by molar-refractivity contribution is 5.76. The lowest BCUT2D eigenvalue weighted by atomic mass is 10.2. The highest BCUT2D eigenvalue weighted by Crippen LogP contribution is 2.17. The maximum Gasteiger partial charge on any atom is 0.192 e. The summed E-state index contributed by atoms with van der Waals surface area (Å²) in [6.45, 7) is 1.81. The van der Waals surface area contributed by atoms with Crippen LogP contribution in [0, 0.1) is 18.3 Å². The Bertz CT molecular complexity index is 532. The number of aryl methyl sites for hydroxylation is 1. The Kier molecular flexibility index (Phi) is 2.04. The molecule has 0 spiro atoms. The largest absolute Gasteiger partial charge is 0.441 e. The molecule has 2 aromatic rings. The zero-order chi connectivity index (χ0) is 9.97. The molecule has 68 valence electrons. The first kappa shape index (κ1) is 8.52. The molecule has 0 aliphatic carbocycles. The molecule has 3 heteroatoms. The van der Waals surface area contributed by atoms with Crippen molar-refractivity contribution in [3.05, 3.63) is 35.7 Å². The van der Waals surface area contributed by atoms with Crippen LogP contribution in [0.2, 0.25) is 0 Å². The summed E-state index contributed by atoms with van der Waals surface area (Å²) in [6, 6.07) is 7.58. The summed E-state index contributed by atoms with van der Waals surface area (Å²) in [7, 11) is 0. The van der Waals surface area contributed by atoms with Crippen LogP contribution < -0.4 is 0 Å². The second-order valence-electron chi connectivity index (χ2n) is 2.92. The molecule has 3 nitrogen and oxygen atoms in total. The molecule has 0 atom stereocenters. The molecule has 0 fully saturated rings. The summed E-state index contributed by atoms with van der Waals surface area (Å²) in [6.07, 6.45) is 3.18. The third-order valence-electron chi connectivity index (χ3n) is 1.87. The van der Waals surface area contributed by atoms with E-state index in [1.54, 1.807) is 6.08 Å². The number of hydrogen-bond acceptors (Lipinski definition) is 3. The van der Waals surface area contributed by atoms with Gasteiger partial charge in [-0.15, -0.1) is 0 Å². The van der Waals surface area contributed by atoms with E-state index in [0.717, 1.165) is 16.7 Å². The predicted octanol–water partition coefficient (Wildman–Crippen LogP) is 2.67. The monoisotopic (exact) mass is 184 g/mol. The minimum atomic E-state index is 0.654. The SMILES string of the molecule is Cc1nc2cc(C=CC#N)ccc2o1. The molecule has 0 amide bonds. The Balaban J connectivity index is 2.51. The molecule has 0 aliphatic heterocycles. The number of oxazole rings is 1. The van der Waals surface area contributed by atoms with E-state index in [4.69, 9.17) is 9.68 Å². The van der Waals surface area contributed by atoms with Gasteiger partial charge in [0.2, 0.25) is 0 Å². The molecule has 0 bridgehead atoms. The normalized spacial score (nSPS) is 10.9. The maximum atomic E-state index is 8.37. The van der Waals surface area contributed by atoms with Crippen molar-refractivity contribution in [3.8, 4) is 6.07 Å². The minimum Gasteiger partial charge on any atom is -0.441 e. The second kappa shape index (κ2) is 3.35. The van der Waals surface area contributed by atoms with Gasteiger partial charge in [0.15, 0.2) is 11.5 Å². The highest BCUT2D eigenvalue weighted by atomic mass is 16.3. The number of allylic oxidation sites excluding steroid dienone is 1. The van der Waals surface area contributed by atoms with Gasteiger partial charge in [0, 0.05) is 13.0 Å². The minimum absolute atomic E-state index is 0.654. The first-order valence-corrected chi connectivity index (χ1v) is 4.23. The van der Waals surface area contributed by atoms with E-state index in [-0.39, 0.29) is 0 Å². The molecule has 0 N–H and O–H groups in total. The molecule has 1 aromatic carbocycles. The quantitative estimate of drug-likeness (QED) is 0.640. The molecule has 14 heavy (non-hydrogen) atoms. The van der Waals surface area contributed by atoms with Crippen molar-refractivity contribution in [3.63, 3.8) is 0 Å². The van der Waals surface area contributed by atoms with E-state index in [2.05, 4.69) is 4.98 Å². The zero-order valence-corrected chi connectivity index (χ0v) is 7.69. The summed E-state index contributed by atoms with van der Waals surface area (Å²) < 4.78 is 5.33. The number of nitrogens with zero attached hydrogens (tertiary/aromatic N) is 2. The first-order chi connectivity index (χ1) is 6.79. The number of nitriles is 1. The smallest absolute Gasteiger partial charge is 0.192 e. The Hall–Kier alpha value is -2.08. The number of aromatic nitrogens is 1. The van der Waals surface area contributed by atoms with Gasteiger partial charge in [-0.1, -0.05) is 6.07 Å². The van der Waals surface area contributed by atoms with Crippen LogP contribution in [0.3, 0.4) is 0 Å². The van der Waals surface area contributed by atoms with E-state index in [9.17, 15) is 0 Å². The first-order valence-electron chi connectivity index (χ1n) is 4.23. The standard InChI is InChI=1S/C11H8N2O/c1-8-13-10-7-9(3-2-6-12)4-5-11(10)14-8/h2-5,7H,1H3. The van der Waals surface area contributed by atoms with Crippen molar-refractivity contribution in [2.24, 2.45) is 0 Å². The Labute approximate surface area is 81.3 Å². The molecular formula is C11H8N2O. The number of fused-ring (bicyclic) bond motifs is 1. The molecular weight excluding hydrogens is 176 g/mol. The van der Waals surface area contributed by atoms with Crippen molar-refractivity contribution < 1.29 is 4.42 Å². The van der Waals surface area contributed by atoms with Gasteiger partial charge in [0.1, 0.15) is 5.52 Å². The fourth-order valence-corrected chi connectivity index (χ4v) is 1.30. The van der Waals surface area contributed by atoms with Gasteiger partial charge in [0.05, 0.1) is 6.07 Å². The molecule has 0 aliphatic rings. The summed E-state index contributed by atoms with van der Waals surface area (Å²) >= 11 is 0. The average Bonchev–Trinajstić information content (AvgIpc) is 2.54. The fourth-order valence-electron chi connectivity index (χ4n) is 1.30. The molecule has 0 saturated carbocycles. The van der Waals surface area contributed by atoms with E-state index in [1.165, 1.54) is 6.08 Å². The third kappa shape index (κ3) is 1.50. The van der Waals surface area contributed by atoms with Gasteiger partial charge >= 0.3 is 0 Å². The Morgan fingerprint density at radius 3 is 3.14 bits per heavy atom. The van der Waals surface area contributed by atoms with Gasteiger partial charge in [-0.2, -0.15) is 5.26 Å². The van der Waals surface area contributed by atoms with Crippen molar-refractivity contribution in [1.82, 2.24) is 4.98 Å². The van der Waals surface area contributed by atoms with Gasteiger partial charge < -0.3 is 4.42 Å². The topological polar surface area (TPSA) is 49.8 Å². The highest BCUT2D eigenvalue weighted by Gasteiger charge is 2.00. The molecule has 0 saturated heterocycles.